The zero-order valence-corrected chi connectivity index (χ0v) is 70.0. The van der Waals surface area contributed by atoms with Gasteiger partial charge in [-0.15, -0.1) is 11.8 Å². The quantitative estimate of drug-likeness (QED) is 0.0190. The number of nitrogens with zero attached hydrogens (tertiary/aromatic N) is 2. The van der Waals surface area contributed by atoms with Crippen LogP contribution in [0.15, 0.2) is 73.1 Å². The van der Waals surface area contributed by atoms with E-state index >= 15 is 0 Å². The van der Waals surface area contributed by atoms with Crippen LogP contribution in [0.4, 0.5) is 16.2 Å². The van der Waals surface area contributed by atoms with Gasteiger partial charge in [-0.25, -0.2) is 4.79 Å². The molecule has 2 fully saturated rings. The summed E-state index contributed by atoms with van der Waals surface area (Å²) in [7, 11) is -11.4. The summed E-state index contributed by atoms with van der Waals surface area (Å²) < 4.78 is 45.1. The van der Waals surface area contributed by atoms with Gasteiger partial charge in [0.15, 0.2) is 0 Å². The van der Waals surface area contributed by atoms with Gasteiger partial charge >= 0.3 is 27.2 Å². The second-order valence-corrected chi connectivity index (χ2v) is 33.8. The second-order valence-electron chi connectivity index (χ2n) is 28.5. The van der Waals surface area contributed by atoms with Crippen LogP contribution in [0.25, 0.3) is 0 Å². The molecule has 2 aliphatic rings. The predicted molar refractivity (Wildman–Crippen MR) is 436 cm³/mol. The summed E-state index contributed by atoms with van der Waals surface area (Å²) in [5, 5.41) is 46.9. The molecular weight excluding hydrogens is 1650 g/mol. The molecule has 0 bridgehead atoms. The molecule has 1 saturated heterocycles. The molecular formula is C76H113N15O27P2S. The highest BCUT2D eigenvalue weighted by Crippen LogP contribution is 2.69. The van der Waals surface area contributed by atoms with Crippen LogP contribution in [0.2, 0.25) is 0 Å². The molecule has 0 spiro atoms. The topological polar surface area (TPSA) is 635 Å². The number of urea groups is 1. The molecule has 3 aromatic rings. The van der Waals surface area contributed by atoms with Crippen molar-refractivity contribution in [2.45, 2.75) is 176 Å². The number of carbonyl (C=O) groups excluding carboxylic acids is 14. The van der Waals surface area contributed by atoms with Crippen molar-refractivity contribution in [1.82, 2.24) is 63.1 Å². The number of hydrogen-bond acceptors (Lipinski definition) is 24. The normalized spacial score (nSPS) is 14.7. The smallest absolute Gasteiger partial charge is 0.369 e. The number of aliphatic carboxylic acids is 1. The molecule has 1 unspecified atom stereocenters. The van der Waals surface area contributed by atoms with Crippen LogP contribution in [0.3, 0.4) is 0 Å². The van der Waals surface area contributed by atoms with Crippen molar-refractivity contribution < 1.29 is 130 Å². The number of aromatic nitrogens is 1. The second kappa shape index (κ2) is 53.8. The van der Waals surface area contributed by atoms with Gasteiger partial charge in [-0.05, 0) is 106 Å². The highest BCUT2D eigenvalue weighted by molar-refractivity contribution is 8.00. The first-order valence-corrected chi connectivity index (χ1v) is 43.9. The van der Waals surface area contributed by atoms with Crippen molar-refractivity contribution in [2.75, 3.05) is 115 Å². The van der Waals surface area contributed by atoms with Crippen molar-refractivity contribution >= 4 is 127 Å². The maximum absolute atomic E-state index is 14.4. The summed E-state index contributed by atoms with van der Waals surface area (Å²) in [5.74, 6) is -9.55. The predicted octanol–water partition coefficient (Wildman–Crippen LogP) is -0.640. The van der Waals surface area contributed by atoms with Gasteiger partial charge in [0.05, 0.1) is 64.5 Å². The molecule has 20 N–H and O–H groups in total. The van der Waals surface area contributed by atoms with Gasteiger partial charge in [0, 0.05) is 120 Å². The molecule has 1 aliphatic carbocycles. The van der Waals surface area contributed by atoms with E-state index in [2.05, 4.69) is 68.8 Å². The number of carbonyl (C=O) groups is 15. The molecule has 2 heterocycles. The van der Waals surface area contributed by atoms with E-state index in [4.69, 9.17) is 24.7 Å². The van der Waals surface area contributed by atoms with E-state index in [-0.39, 0.29) is 193 Å². The number of anilines is 2. The number of carboxylic acids is 1. The fourth-order valence-electron chi connectivity index (χ4n) is 12.3. The highest BCUT2D eigenvalue weighted by Gasteiger charge is 2.58. The molecule has 0 radical (unpaired) electrons. The summed E-state index contributed by atoms with van der Waals surface area (Å²) in [4.78, 5) is 235. The SMILES string of the molecule is Cc1ccccc1NC(=O)Nc1ccc(CC(=O)N[C@@H](CCCCNC(=O)CCc2cccnc2)C(=O)N[C@@H](CCCC(=O)O)C(=O)NC2(C(=O)NCCOCCOCCNC(=O)CCC(=O)NCCOCCOCCNC(=O)CCC(=O)N[C@H](CSC3CC(=O)N(CC(=O)NCCCC(O)(P(=O)(O)O)P(=O)(O)O)C3=O)C(N)=O)CCCCC2)cc1. The molecule has 45 heteroatoms. The first-order chi connectivity index (χ1) is 57.6. The Morgan fingerprint density at radius 2 is 1.10 bits per heavy atom. The van der Waals surface area contributed by atoms with E-state index in [0.29, 0.717) is 53.9 Å². The Balaban J connectivity index is 0.913. The third kappa shape index (κ3) is 38.8. The number of imide groups is 1. The van der Waals surface area contributed by atoms with Gasteiger partial charge in [-0.1, -0.05) is 55.7 Å². The zero-order chi connectivity index (χ0) is 88.8. The van der Waals surface area contributed by atoms with Crippen LogP contribution in [-0.4, -0.2) is 267 Å². The first kappa shape index (κ1) is 102. The highest BCUT2D eigenvalue weighted by atomic mass is 32.2. The molecule has 1 aliphatic heterocycles. The van der Waals surface area contributed by atoms with Crippen molar-refractivity contribution in [3.63, 3.8) is 0 Å². The maximum Gasteiger partial charge on any atom is 0.369 e. The van der Waals surface area contributed by atoms with Crippen LogP contribution in [0.5, 0.6) is 0 Å². The zero-order valence-electron chi connectivity index (χ0n) is 67.4. The number of rotatable bonds is 59. The Hall–Kier alpha value is -9.91. The fourth-order valence-corrected chi connectivity index (χ4v) is 15.7. The number of unbranched alkanes of at least 4 members (excludes halogenated alkanes) is 1. The number of aryl methyl sites for hydroxylation is 2. The van der Waals surface area contributed by atoms with Crippen LogP contribution >= 0.6 is 27.0 Å². The molecule has 1 aromatic heterocycles. The van der Waals surface area contributed by atoms with E-state index < -0.39 is 146 Å². The Morgan fingerprint density at radius 1 is 0.570 bits per heavy atom. The molecule has 1 saturated carbocycles. The van der Waals surface area contributed by atoms with E-state index in [9.17, 15) is 111 Å². The van der Waals surface area contributed by atoms with Crippen molar-refractivity contribution in [3.05, 3.63) is 89.7 Å². The summed E-state index contributed by atoms with van der Waals surface area (Å²) in [6.45, 7) is 2.26. The third-order valence-corrected chi connectivity index (χ3v) is 24.2. The summed E-state index contributed by atoms with van der Waals surface area (Å²) in [6, 6.07) is 13.2. The number of hydrogen-bond donors (Lipinski definition) is 19. The van der Waals surface area contributed by atoms with Crippen molar-refractivity contribution in [3.8, 4) is 0 Å². The van der Waals surface area contributed by atoms with Crippen molar-refractivity contribution in [1.29, 1.82) is 0 Å². The number of nitrogens with two attached hydrogens (primary N) is 1. The number of carboxylic acid groups (broad SMARTS) is 1. The molecule has 4 atom stereocenters. The number of pyridine rings is 1. The largest absolute Gasteiger partial charge is 0.481 e. The number of aliphatic hydroxyl groups is 1. The molecule has 5 rings (SSSR count). The van der Waals surface area contributed by atoms with Gasteiger partial charge in [0.2, 0.25) is 76.8 Å². The van der Waals surface area contributed by atoms with Crippen LogP contribution in [0.1, 0.15) is 139 Å². The minimum atomic E-state index is -5.72. The maximum atomic E-state index is 14.4. The van der Waals surface area contributed by atoms with E-state index in [1.54, 1.807) is 54.9 Å². The molecule has 15 amide bonds. The molecule has 121 heavy (non-hydrogen) atoms. The number of likely N-dealkylation sites (tertiary alicyclic amines) is 1. The number of thioether (sulfide) groups is 1. The van der Waals surface area contributed by atoms with Crippen LogP contribution in [0, 0.1) is 6.92 Å². The molecule has 670 valence electrons. The Morgan fingerprint density at radius 3 is 1.66 bits per heavy atom. The van der Waals surface area contributed by atoms with Gasteiger partial charge in [0.1, 0.15) is 30.2 Å². The van der Waals surface area contributed by atoms with E-state index in [1.807, 2.05) is 25.1 Å². The number of benzene rings is 2. The van der Waals surface area contributed by atoms with Gasteiger partial charge in [-0.2, -0.15) is 0 Å². The standard InChI is InChI=1S/C76H113N15O27P2S/c1-51-12-3-4-14-55(51)89-74(107)85-54-21-18-52(19-22-54)46-65(97)86-56(15-5-8-32-79-60(92)23-20-53-13-10-31-78-48-53)70(103)88-57(16-9-17-68(100)101)71(104)90-75(28-6-2-7-29-75)73(106)84-37-41-118-45-44-117-39-35-82-62(94)25-24-61(93)81-34-38-115-42-43-116-40-36-83-63(95)26-27-64(96)87-58(69(77)102)50-121-59-47-67(99)91(72(59)105)49-66(98)80-33-11-30-76(108,119(109,110)111)120(112,113)114/h3-4,10,12-14,18-19,21-22,31,48,56-59,108H,2,5-9,11,15-17,20,23-30,32-47,49-50H2,1H3,(H2,77,102)(H,79,92)(H,80,98)(H,81,93)(H,82,94)(H,83,95)(H,84,106)(H,86,97)(H,87,96)(H,88,103)(H,90,104)(H,100,101)(H2,85,89,107)(H2,109,110,111)(H2,112,113,114)/t56-,57-,58+,59?/m0/s1. The lowest BCUT2D eigenvalue weighted by Crippen LogP contribution is -2.63. The number of amides is 15. The third-order valence-electron chi connectivity index (χ3n) is 19.0. The minimum absolute atomic E-state index is 0.0183. The Bertz CT molecular complexity index is 4020. The average molecular weight is 1760 g/mol. The fraction of sp³-hybridized carbons (Fsp3) is 0.579. The average Bonchev–Trinajstić information content (AvgIpc) is 1.49. The van der Waals surface area contributed by atoms with Gasteiger partial charge in [0.25, 0.3) is 5.08 Å². The van der Waals surface area contributed by atoms with Crippen molar-refractivity contribution in [2.24, 2.45) is 5.73 Å². The summed E-state index contributed by atoms with van der Waals surface area (Å²) in [6.07, 6.45) is 3.97. The van der Waals surface area contributed by atoms with E-state index in [1.165, 1.54) is 0 Å². The minimum Gasteiger partial charge on any atom is -0.481 e. The molecule has 42 nitrogen and oxygen atoms in total. The molecule has 2 aromatic carbocycles. The van der Waals surface area contributed by atoms with Crippen LogP contribution in [-0.2, 0) is 108 Å². The lowest BCUT2D eigenvalue weighted by atomic mass is 9.80. The lowest BCUT2D eigenvalue weighted by Gasteiger charge is -2.38. The lowest BCUT2D eigenvalue weighted by molar-refractivity contribution is -0.142. The van der Waals surface area contributed by atoms with Gasteiger partial charge < -0.3 is 118 Å². The van der Waals surface area contributed by atoms with E-state index in [0.717, 1.165) is 29.3 Å². The Kier molecular flexibility index (Phi) is 45.2. The Labute approximate surface area is 703 Å². The summed E-state index contributed by atoms with van der Waals surface area (Å²) in [5.41, 5.74) is 7.49. The first-order valence-electron chi connectivity index (χ1n) is 39.6. The number of nitrogens with one attached hydrogen (secondary N) is 12. The summed E-state index contributed by atoms with van der Waals surface area (Å²) >= 11 is 0.795. The monoisotopic (exact) mass is 1760 g/mol. The number of primary amides is 1. The number of para-hydroxylation sites is 1. The van der Waals surface area contributed by atoms with Crippen LogP contribution < -0.4 is 69.5 Å². The van der Waals surface area contributed by atoms with Gasteiger partial charge in [-0.3, -0.25) is 86.1 Å². The number of ether oxygens (including phenoxy) is 4.